The number of aliphatic hydroxyl groups excluding tert-OH is 1. The quantitative estimate of drug-likeness (QED) is 0.291. The smallest absolute Gasteiger partial charge is 0.411 e. The van der Waals surface area contributed by atoms with Crippen LogP contribution < -0.4 is 10.6 Å². The van der Waals surface area contributed by atoms with Gasteiger partial charge >= 0.3 is 6.09 Å². The first-order valence-corrected chi connectivity index (χ1v) is 15.6. The Morgan fingerprint density at radius 3 is 2.33 bits per heavy atom. The zero-order valence-electron chi connectivity index (χ0n) is 24.9. The molecule has 2 aliphatic rings. The number of rotatable bonds is 11. The summed E-state index contributed by atoms with van der Waals surface area (Å²) in [5, 5.41) is 15.9. The van der Waals surface area contributed by atoms with Crippen LogP contribution >= 0.6 is 0 Å². The Hall–Kier alpha value is -3.72. The number of aryl methyl sites for hydroxylation is 1. The summed E-state index contributed by atoms with van der Waals surface area (Å²) in [6, 6.07) is 26.2. The third-order valence-electron chi connectivity index (χ3n) is 8.36. The van der Waals surface area contributed by atoms with Crippen molar-refractivity contribution in [2.75, 3.05) is 44.6 Å². The number of para-hydroxylation sites is 1. The Bertz CT molecular complexity index is 1310. The SMILES string of the molecule is O=C(CCc1ccc(CN2CCCC(O)C2)cc1)NCCN1CCC(OC(=O)Nc2ccccc2-c2ccccc2)CC1. The van der Waals surface area contributed by atoms with Crippen molar-refractivity contribution in [2.45, 2.75) is 57.3 Å². The normalized spacial score (nSPS) is 18.2. The standard InChI is InChI=1S/C35H44N4O4/c40-30-9-6-21-39(26-30)25-28-14-12-27(13-15-28)16-17-34(41)36-20-24-38-22-18-31(19-23-38)43-35(42)37-33-11-5-4-10-32(33)29-7-2-1-3-8-29/h1-5,7-8,10-15,30-31,40H,6,9,16-26H2,(H,36,41)(H,37,42). The second-order valence-corrected chi connectivity index (χ2v) is 11.7. The van der Waals surface area contributed by atoms with Crippen LogP contribution in [0.2, 0.25) is 0 Å². The first-order chi connectivity index (χ1) is 21.0. The molecule has 8 nitrogen and oxygen atoms in total. The monoisotopic (exact) mass is 584 g/mol. The van der Waals surface area contributed by atoms with Gasteiger partial charge in [-0.25, -0.2) is 4.79 Å². The molecule has 2 saturated heterocycles. The summed E-state index contributed by atoms with van der Waals surface area (Å²) in [7, 11) is 0. The minimum atomic E-state index is -0.425. The Morgan fingerprint density at radius 1 is 0.837 bits per heavy atom. The van der Waals surface area contributed by atoms with E-state index in [9.17, 15) is 14.7 Å². The van der Waals surface area contributed by atoms with Crippen molar-refractivity contribution in [1.29, 1.82) is 0 Å². The minimum absolute atomic E-state index is 0.0667. The molecule has 1 atom stereocenters. The van der Waals surface area contributed by atoms with E-state index in [1.54, 1.807) is 0 Å². The number of nitrogens with one attached hydrogen (secondary N) is 2. The summed E-state index contributed by atoms with van der Waals surface area (Å²) in [5.41, 5.74) is 5.13. The van der Waals surface area contributed by atoms with Crippen LogP contribution in [0.15, 0.2) is 78.9 Å². The van der Waals surface area contributed by atoms with Crippen molar-refractivity contribution < 1.29 is 19.4 Å². The molecule has 8 heteroatoms. The molecule has 0 spiro atoms. The van der Waals surface area contributed by atoms with Gasteiger partial charge in [0.1, 0.15) is 6.10 Å². The van der Waals surface area contributed by atoms with Gasteiger partial charge in [-0.1, -0.05) is 72.8 Å². The molecule has 5 rings (SSSR count). The molecule has 3 aromatic carbocycles. The lowest BCUT2D eigenvalue weighted by Gasteiger charge is -2.31. The topological polar surface area (TPSA) is 94.1 Å². The van der Waals surface area contributed by atoms with Gasteiger partial charge in [-0.3, -0.25) is 15.0 Å². The molecule has 1 unspecified atom stereocenters. The molecular weight excluding hydrogens is 540 g/mol. The number of carbonyl (C=O) groups is 2. The lowest BCUT2D eigenvalue weighted by molar-refractivity contribution is -0.121. The van der Waals surface area contributed by atoms with Crippen molar-refractivity contribution in [3.8, 4) is 11.1 Å². The van der Waals surface area contributed by atoms with Crippen molar-refractivity contribution in [2.24, 2.45) is 0 Å². The predicted molar refractivity (Wildman–Crippen MR) is 170 cm³/mol. The highest BCUT2D eigenvalue weighted by Gasteiger charge is 2.23. The van der Waals surface area contributed by atoms with Gasteiger partial charge < -0.3 is 20.1 Å². The molecule has 43 heavy (non-hydrogen) atoms. The van der Waals surface area contributed by atoms with Crippen LogP contribution in [0.1, 0.15) is 43.2 Å². The number of hydrogen-bond donors (Lipinski definition) is 3. The third-order valence-corrected chi connectivity index (χ3v) is 8.36. The largest absolute Gasteiger partial charge is 0.446 e. The number of likely N-dealkylation sites (tertiary alicyclic amines) is 2. The maximum Gasteiger partial charge on any atom is 0.411 e. The number of hydrogen-bond acceptors (Lipinski definition) is 6. The van der Waals surface area contributed by atoms with Crippen molar-refractivity contribution in [1.82, 2.24) is 15.1 Å². The van der Waals surface area contributed by atoms with E-state index in [0.29, 0.717) is 13.0 Å². The van der Waals surface area contributed by atoms with Crippen LogP contribution in [0.4, 0.5) is 10.5 Å². The van der Waals surface area contributed by atoms with Crippen molar-refractivity contribution >= 4 is 17.7 Å². The van der Waals surface area contributed by atoms with Gasteiger partial charge in [-0.2, -0.15) is 0 Å². The molecule has 228 valence electrons. The molecule has 2 fully saturated rings. The van der Waals surface area contributed by atoms with E-state index in [2.05, 4.69) is 44.7 Å². The first-order valence-electron chi connectivity index (χ1n) is 15.6. The Kier molecular flexibility index (Phi) is 11.2. The van der Waals surface area contributed by atoms with E-state index in [4.69, 9.17) is 4.74 Å². The van der Waals surface area contributed by atoms with Crippen LogP contribution in [0.3, 0.4) is 0 Å². The highest BCUT2D eigenvalue weighted by Crippen LogP contribution is 2.28. The molecule has 2 amide bonds. The lowest BCUT2D eigenvalue weighted by atomic mass is 10.0. The number of amides is 2. The maximum atomic E-state index is 12.7. The summed E-state index contributed by atoms with van der Waals surface area (Å²) in [6.45, 7) is 5.70. The van der Waals surface area contributed by atoms with Gasteiger partial charge in [-0.05, 0) is 61.4 Å². The Morgan fingerprint density at radius 2 is 1.56 bits per heavy atom. The molecule has 3 N–H and O–H groups in total. The summed E-state index contributed by atoms with van der Waals surface area (Å²) >= 11 is 0. The van der Waals surface area contributed by atoms with Crippen LogP contribution in [-0.2, 0) is 22.5 Å². The number of aliphatic hydroxyl groups is 1. The van der Waals surface area contributed by atoms with Gasteiger partial charge in [-0.15, -0.1) is 0 Å². The van der Waals surface area contributed by atoms with Gasteiger partial charge in [0.25, 0.3) is 0 Å². The molecule has 0 radical (unpaired) electrons. The minimum Gasteiger partial charge on any atom is -0.446 e. The highest BCUT2D eigenvalue weighted by atomic mass is 16.6. The molecule has 2 heterocycles. The van der Waals surface area contributed by atoms with Crippen LogP contribution in [-0.4, -0.2) is 78.4 Å². The van der Waals surface area contributed by atoms with Gasteiger partial charge in [0.15, 0.2) is 0 Å². The number of carbonyl (C=O) groups excluding carboxylic acids is 2. The number of piperidine rings is 2. The van der Waals surface area contributed by atoms with Gasteiger partial charge in [0, 0.05) is 51.3 Å². The molecule has 2 aliphatic heterocycles. The van der Waals surface area contributed by atoms with Gasteiger partial charge in [0.05, 0.1) is 11.8 Å². The predicted octanol–water partition coefficient (Wildman–Crippen LogP) is 5.07. The molecule has 0 bridgehead atoms. The molecule has 3 aromatic rings. The maximum absolute atomic E-state index is 12.7. The summed E-state index contributed by atoms with van der Waals surface area (Å²) in [5.74, 6) is 0.0667. The van der Waals surface area contributed by atoms with E-state index in [1.165, 1.54) is 5.56 Å². The second-order valence-electron chi connectivity index (χ2n) is 11.7. The zero-order valence-corrected chi connectivity index (χ0v) is 24.9. The van der Waals surface area contributed by atoms with Crippen LogP contribution in [0.25, 0.3) is 11.1 Å². The number of benzene rings is 3. The van der Waals surface area contributed by atoms with E-state index < -0.39 is 6.09 Å². The summed E-state index contributed by atoms with van der Waals surface area (Å²) in [6.07, 6.45) is 3.93. The fourth-order valence-corrected chi connectivity index (χ4v) is 5.95. The molecular formula is C35H44N4O4. The molecule has 0 saturated carbocycles. The van der Waals surface area contributed by atoms with Crippen molar-refractivity contribution in [3.63, 3.8) is 0 Å². The fourth-order valence-electron chi connectivity index (χ4n) is 5.95. The third kappa shape index (κ3) is 9.64. The van der Waals surface area contributed by atoms with E-state index in [1.807, 2.05) is 54.6 Å². The zero-order chi connectivity index (χ0) is 29.9. The molecule has 0 aromatic heterocycles. The lowest BCUT2D eigenvalue weighted by Crippen LogP contribution is -2.42. The summed E-state index contributed by atoms with van der Waals surface area (Å²) < 4.78 is 5.74. The number of nitrogens with zero attached hydrogens (tertiary/aromatic N) is 2. The first kappa shape index (κ1) is 30.7. The Balaban J connectivity index is 0.951. The Labute approximate surface area is 255 Å². The fraction of sp³-hybridized carbons (Fsp3) is 0.429. The highest BCUT2D eigenvalue weighted by molar-refractivity contribution is 5.91. The second kappa shape index (κ2) is 15.7. The van der Waals surface area contributed by atoms with Gasteiger partial charge in [0.2, 0.25) is 5.91 Å². The number of β-amino-alcohol motifs (C(OH)–C–C–N with tert-alkyl or cyclic N) is 1. The average molecular weight is 585 g/mol. The van der Waals surface area contributed by atoms with E-state index in [0.717, 1.165) is 93.8 Å². The summed E-state index contributed by atoms with van der Waals surface area (Å²) in [4.78, 5) is 29.7. The van der Waals surface area contributed by atoms with Crippen LogP contribution in [0, 0.1) is 0 Å². The molecule has 0 aliphatic carbocycles. The van der Waals surface area contributed by atoms with E-state index in [-0.39, 0.29) is 18.1 Å². The van der Waals surface area contributed by atoms with E-state index >= 15 is 0 Å². The van der Waals surface area contributed by atoms with Crippen molar-refractivity contribution in [3.05, 3.63) is 90.0 Å². The number of anilines is 1. The van der Waals surface area contributed by atoms with Crippen LogP contribution in [0.5, 0.6) is 0 Å². The average Bonchev–Trinajstić information content (AvgIpc) is 3.02. The number of ether oxygens (including phenoxy) is 1.